The monoisotopic (exact) mass is 472 g/mol. The lowest BCUT2D eigenvalue weighted by atomic mass is 10.0. The Morgan fingerprint density at radius 3 is 2.60 bits per heavy atom. The van der Waals surface area contributed by atoms with Crippen molar-refractivity contribution >= 4 is 11.7 Å². The lowest BCUT2D eigenvalue weighted by molar-refractivity contribution is -0.137. The molecule has 182 valence electrons. The number of hydrogen-bond acceptors (Lipinski definition) is 6. The number of benzene rings is 2. The lowest BCUT2D eigenvalue weighted by Crippen LogP contribution is -2.42. The lowest BCUT2D eigenvalue weighted by Gasteiger charge is -2.34. The minimum atomic E-state index is 0.00310. The minimum absolute atomic E-state index is 0.00310. The highest BCUT2D eigenvalue weighted by atomic mass is 16.5. The van der Waals surface area contributed by atoms with Crippen molar-refractivity contribution in [3.8, 4) is 0 Å². The van der Waals surface area contributed by atoms with Crippen LogP contribution in [0.3, 0.4) is 0 Å². The summed E-state index contributed by atoms with van der Waals surface area (Å²) in [4.78, 5) is 27.1. The number of morpholine rings is 1. The van der Waals surface area contributed by atoms with E-state index in [2.05, 4.69) is 36.1 Å². The van der Waals surface area contributed by atoms with Gasteiger partial charge >= 0.3 is 0 Å². The maximum atomic E-state index is 13.0. The van der Waals surface area contributed by atoms with Crippen LogP contribution in [0.25, 0.3) is 0 Å². The number of ether oxygens (including phenoxy) is 2. The number of carbonyl (C=O) groups is 1. The van der Waals surface area contributed by atoms with E-state index in [-0.39, 0.29) is 12.5 Å². The average Bonchev–Trinajstić information content (AvgIpc) is 2.89. The summed E-state index contributed by atoms with van der Waals surface area (Å²) in [5, 5.41) is 0. The molecule has 7 heteroatoms. The van der Waals surface area contributed by atoms with E-state index in [0.29, 0.717) is 39.3 Å². The number of rotatable bonds is 7. The summed E-state index contributed by atoms with van der Waals surface area (Å²) >= 11 is 0. The third-order valence-electron chi connectivity index (χ3n) is 6.53. The van der Waals surface area contributed by atoms with Gasteiger partial charge in [-0.2, -0.15) is 0 Å². The maximum Gasteiger partial charge on any atom is 0.248 e. The Labute approximate surface area is 206 Å². The molecule has 3 aromatic rings. The smallest absolute Gasteiger partial charge is 0.248 e. The molecule has 0 radical (unpaired) electrons. The van der Waals surface area contributed by atoms with Crippen molar-refractivity contribution in [1.82, 2.24) is 14.9 Å². The summed E-state index contributed by atoms with van der Waals surface area (Å²) < 4.78 is 11.3. The van der Waals surface area contributed by atoms with Gasteiger partial charge in [-0.05, 0) is 18.1 Å². The van der Waals surface area contributed by atoms with Gasteiger partial charge in [-0.1, -0.05) is 60.2 Å². The summed E-state index contributed by atoms with van der Waals surface area (Å²) in [5.74, 6) is 1.79. The van der Waals surface area contributed by atoms with Crippen LogP contribution >= 0.6 is 0 Å². The van der Waals surface area contributed by atoms with E-state index >= 15 is 0 Å². The molecule has 0 aliphatic carbocycles. The topological polar surface area (TPSA) is 67.8 Å². The van der Waals surface area contributed by atoms with Crippen LogP contribution in [0, 0.1) is 6.92 Å². The van der Waals surface area contributed by atoms with Crippen molar-refractivity contribution in [2.24, 2.45) is 0 Å². The van der Waals surface area contributed by atoms with Gasteiger partial charge in [-0.3, -0.25) is 4.79 Å². The van der Waals surface area contributed by atoms with Gasteiger partial charge in [0.2, 0.25) is 5.91 Å². The fourth-order valence-corrected chi connectivity index (χ4v) is 4.70. The van der Waals surface area contributed by atoms with Crippen molar-refractivity contribution in [3.05, 3.63) is 88.4 Å². The molecule has 0 saturated carbocycles. The Balaban J connectivity index is 1.33. The molecule has 1 aromatic heterocycles. The van der Waals surface area contributed by atoms with E-state index in [9.17, 15) is 4.79 Å². The first-order valence-corrected chi connectivity index (χ1v) is 12.3. The standard InChI is InChI=1S/C28H32N4O3/c1-21-6-5-9-23(16-21)17-26-29-25-10-11-32(27(33)20-35-19-22-7-3-2-4-8-22)18-24(25)28(30-26)31-12-14-34-15-13-31/h2-9,16H,10-15,17-20H2,1H3. The van der Waals surface area contributed by atoms with Crippen LogP contribution < -0.4 is 4.90 Å². The fourth-order valence-electron chi connectivity index (χ4n) is 4.70. The molecule has 0 atom stereocenters. The van der Waals surface area contributed by atoms with E-state index in [4.69, 9.17) is 19.4 Å². The molecule has 3 heterocycles. The highest BCUT2D eigenvalue weighted by Crippen LogP contribution is 2.28. The van der Waals surface area contributed by atoms with Gasteiger partial charge in [0.25, 0.3) is 0 Å². The summed E-state index contributed by atoms with van der Waals surface area (Å²) in [6.07, 6.45) is 1.42. The van der Waals surface area contributed by atoms with Crippen LogP contribution in [0.15, 0.2) is 54.6 Å². The maximum absolute atomic E-state index is 13.0. The second-order valence-corrected chi connectivity index (χ2v) is 9.20. The molecule has 2 aliphatic rings. The van der Waals surface area contributed by atoms with E-state index in [0.717, 1.165) is 48.0 Å². The molecule has 5 rings (SSSR count). The number of amides is 1. The predicted octanol–water partition coefficient (Wildman–Crippen LogP) is 3.31. The Morgan fingerprint density at radius 1 is 1.00 bits per heavy atom. The zero-order valence-corrected chi connectivity index (χ0v) is 20.3. The number of nitrogens with zero attached hydrogens (tertiary/aromatic N) is 4. The molecule has 0 bridgehead atoms. The summed E-state index contributed by atoms with van der Waals surface area (Å²) in [6.45, 7) is 6.72. The van der Waals surface area contributed by atoms with Crippen LogP contribution in [0.4, 0.5) is 5.82 Å². The van der Waals surface area contributed by atoms with Crippen LogP contribution in [-0.4, -0.2) is 60.2 Å². The number of carbonyl (C=O) groups excluding carboxylic acids is 1. The number of anilines is 1. The molecule has 1 fully saturated rings. The normalized spacial score (nSPS) is 15.7. The van der Waals surface area contributed by atoms with Crippen molar-refractivity contribution < 1.29 is 14.3 Å². The molecule has 7 nitrogen and oxygen atoms in total. The predicted molar refractivity (Wildman–Crippen MR) is 134 cm³/mol. The van der Waals surface area contributed by atoms with E-state index < -0.39 is 0 Å². The molecular weight excluding hydrogens is 440 g/mol. The van der Waals surface area contributed by atoms with Crippen molar-refractivity contribution in [2.45, 2.75) is 32.9 Å². The van der Waals surface area contributed by atoms with E-state index in [1.807, 2.05) is 35.2 Å². The van der Waals surface area contributed by atoms with Gasteiger partial charge in [0.15, 0.2) is 0 Å². The van der Waals surface area contributed by atoms with Crippen molar-refractivity contribution in [2.75, 3.05) is 44.4 Å². The number of fused-ring (bicyclic) bond motifs is 1. The molecule has 1 saturated heterocycles. The molecular formula is C28H32N4O3. The van der Waals surface area contributed by atoms with Gasteiger partial charge in [-0.25, -0.2) is 9.97 Å². The highest BCUT2D eigenvalue weighted by Gasteiger charge is 2.28. The second kappa shape index (κ2) is 11.0. The quantitative estimate of drug-likeness (QED) is 0.526. The number of hydrogen-bond donors (Lipinski definition) is 0. The third-order valence-corrected chi connectivity index (χ3v) is 6.53. The zero-order valence-electron chi connectivity index (χ0n) is 20.3. The van der Waals surface area contributed by atoms with Crippen molar-refractivity contribution in [3.63, 3.8) is 0 Å². The molecule has 0 spiro atoms. The fraction of sp³-hybridized carbons (Fsp3) is 0.393. The van der Waals surface area contributed by atoms with Crippen molar-refractivity contribution in [1.29, 1.82) is 0 Å². The molecule has 2 aliphatic heterocycles. The van der Waals surface area contributed by atoms with Gasteiger partial charge in [0, 0.05) is 38.0 Å². The summed E-state index contributed by atoms with van der Waals surface area (Å²) in [5.41, 5.74) is 5.62. The summed E-state index contributed by atoms with van der Waals surface area (Å²) in [7, 11) is 0. The highest BCUT2D eigenvalue weighted by molar-refractivity contribution is 5.78. The van der Waals surface area contributed by atoms with Crippen LogP contribution in [0.1, 0.15) is 33.8 Å². The molecule has 35 heavy (non-hydrogen) atoms. The van der Waals surface area contributed by atoms with Gasteiger partial charge in [-0.15, -0.1) is 0 Å². The Morgan fingerprint density at radius 2 is 1.80 bits per heavy atom. The Hall–Kier alpha value is -3.29. The average molecular weight is 473 g/mol. The van der Waals surface area contributed by atoms with Gasteiger partial charge in [0.05, 0.1) is 32.1 Å². The molecule has 1 amide bonds. The summed E-state index contributed by atoms with van der Waals surface area (Å²) in [6, 6.07) is 18.4. The third kappa shape index (κ3) is 5.86. The SMILES string of the molecule is Cc1cccc(Cc2nc3c(c(N4CCOCC4)n2)CN(C(=O)COCc2ccccc2)CC3)c1. The molecule has 0 unspecified atom stereocenters. The number of aryl methyl sites for hydroxylation is 1. The van der Waals surface area contributed by atoms with Crippen LogP contribution in [0.2, 0.25) is 0 Å². The Bertz CT molecular complexity index is 1160. The van der Waals surface area contributed by atoms with E-state index in [1.54, 1.807) is 0 Å². The molecule has 0 N–H and O–H groups in total. The minimum Gasteiger partial charge on any atom is -0.378 e. The first-order chi connectivity index (χ1) is 17.2. The van der Waals surface area contributed by atoms with Crippen LogP contribution in [-0.2, 0) is 40.3 Å². The van der Waals surface area contributed by atoms with Gasteiger partial charge in [0.1, 0.15) is 18.2 Å². The largest absolute Gasteiger partial charge is 0.378 e. The van der Waals surface area contributed by atoms with E-state index in [1.165, 1.54) is 11.1 Å². The number of aromatic nitrogens is 2. The van der Waals surface area contributed by atoms with Crippen LogP contribution in [0.5, 0.6) is 0 Å². The first kappa shape index (κ1) is 23.5. The second-order valence-electron chi connectivity index (χ2n) is 9.20. The van der Waals surface area contributed by atoms with Gasteiger partial charge < -0.3 is 19.3 Å². The first-order valence-electron chi connectivity index (χ1n) is 12.3. The molecule has 2 aromatic carbocycles. The zero-order chi connectivity index (χ0) is 24.0. The Kier molecular flexibility index (Phi) is 7.35.